The summed E-state index contributed by atoms with van der Waals surface area (Å²) in [6.07, 6.45) is 1.27. The van der Waals surface area contributed by atoms with Crippen molar-refractivity contribution in [1.82, 2.24) is 10.2 Å². The van der Waals surface area contributed by atoms with E-state index in [9.17, 15) is 9.59 Å². The molecule has 7 heteroatoms. The Labute approximate surface area is 149 Å². The zero-order valence-electron chi connectivity index (χ0n) is 15.2. The first kappa shape index (κ1) is 19.2. The number of likely N-dealkylation sites (tertiary alicyclic amines) is 1. The zero-order chi connectivity index (χ0) is 18.2. The number of nitrogens with one attached hydrogen (secondary N) is 3. The Bertz CT molecular complexity index is 593. The Morgan fingerprint density at radius 1 is 1.20 bits per heavy atom. The van der Waals surface area contributed by atoms with Gasteiger partial charge >= 0.3 is 6.03 Å². The molecule has 0 bridgehead atoms. The second-order valence-electron chi connectivity index (χ2n) is 6.30. The molecular weight excluding hydrogens is 320 g/mol. The third-order valence-electron chi connectivity index (χ3n) is 4.03. The van der Waals surface area contributed by atoms with Gasteiger partial charge in [0.15, 0.2) is 0 Å². The van der Waals surface area contributed by atoms with Gasteiger partial charge in [0.1, 0.15) is 0 Å². The van der Waals surface area contributed by atoms with E-state index in [1.807, 2.05) is 20.9 Å². The second-order valence-corrected chi connectivity index (χ2v) is 6.30. The van der Waals surface area contributed by atoms with Crippen LogP contribution in [0.15, 0.2) is 24.3 Å². The van der Waals surface area contributed by atoms with Crippen molar-refractivity contribution in [2.45, 2.75) is 38.8 Å². The maximum atomic E-state index is 12.3. The molecule has 7 nitrogen and oxygen atoms in total. The lowest BCUT2D eigenvalue weighted by Crippen LogP contribution is -2.45. The molecule has 2 atom stereocenters. The Balaban J connectivity index is 1.90. The van der Waals surface area contributed by atoms with E-state index in [2.05, 4.69) is 20.9 Å². The predicted octanol–water partition coefficient (Wildman–Crippen LogP) is 2.27. The van der Waals surface area contributed by atoms with Crippen LogP contribution >= 0.6 is 0 Å². The summed E-state index contributed by atoms with van der Waals surface area (Å²) in [5, 5.41) is 8.61. The molecular formula is C18H28N4O3. The van der Waals surface area contributed by atoms with Crippen LogP contribution in [0.25, 0.3) is 0 Å². The number of carbonyl (C=O) groups is 2. The molecule has 0 spiro atoms. The average molecular weight is 348 g/mol. The van der Waals surface area contributed by atoms with Gasteiger partial charge in [-0.25, -0.2) is 4.79 Å². The summed E-state index contributed by atoms with van der Waals surface area (Å²) in [5.41, 5.74) is 1.30. The van der Waals surface area contributed by atoms with Crippen molar-refractivity contribution in [2.75, 3.05) is 37.4 Å². The fourth-order valence-corrected chi connectivity index (χ4v) is 2.94. The van der Waals surface area contributed by atoms with Crippen LogP contribution in [-0.2, 0) is 9.53 Å². The molecule has 0 aromatic heterocycles. The molecule has 1 fully saturated rings. The molecule has 25 heavy (non-hydrogen) atoms. The Hall–Kier alpha value is -2.12. The molecule has 1 aromatic carbocycles. The molecule has 0 unspecified atom stereocenters. The number of ether oxygens (including phenoxy) is 1. The van der Waals surface area contributed by atoms with E-state index < -0.39 is 0 Å². The highest BCUT2D eigenvalue weighted by Crippen LogP contribution is 2.16. The molecule has 1 saturated heterocycles. The first-order chi connectivity index (χ1) is 12.0. The van der Waals surface area contributed by atoms with Crippen LogP contribution in [0.4, 0.5) is 16.2 Å². The lowest BCUT2D eigenvalue weighted by Gasteiger charge is -2.20. The standard InChI is InChI=1S/C18H28N4O3/c1-4-7-17(23)19-13-8-6-9-14(10-13)20-18(24)21-15-11-22(3)12-16(15)25-5-2/h6,8-10,15-16H,4-5,7,11-12H2,1-3H3,(H,19,23)(H2,20,21,24)/t15-,16-/m1/s1. The third-order valence-corrected chi connectivity index (χ3v) is 4.03. The molecule has 138 valence electrons. The quantitative estimate of drug-likeness (QED) is 0.706. The van der Waals surface area contributed by atoms with E-state index in [4.69, 9.17) is 4.74 Å². The fraction of sp³-hybridized carbons (Fsp3) is 0.556. The lowest BCUT2D eigenvalue weighted by atomic mass is 10.2. The summed E-state index contributed by atoms with van der Waals surface area (Å²) in [6.45, 7) is 6.09. The van der Waals surface area contributed by atoms with Gasteiger partial charge < -0.3 is 25.6 Å². The summed E-state index contributed by atoms with van der Waals surface area (Å²) < 4.78 is 5.69. The second kappa shape index (κ2) is 9.39. The Morgan fingerprint density at radius 2 is 1.92 bits per heavy atom. The van der Waals surface area contributed by atoms with Crippen molar-refractivity contribution in [1.29, 1.82) is 0 Å². The van der Waals surface area contributed by atoms with Gasteiger partial charge in [-0.05, 0) is 38.6 Å². The van der Waals surface area contributed by atoms with Crippen LogP contribution in [0.3, 0.4) is 0 Å². The van der Waals surface area contributed by atoms with Crippen LogP contribution < -0.4 is 16.0 Å². The monoisotopic (exact) mass is 348 g/mol. The van der Waals surface area contributed by atoms with Crippen LogP contribution in [0, 0.1) is 0 Å². The van der Waals surface area contributed by atoms with Gasteiger partial charge in [-0.3, -0.25) is 4.79 Å². The summed E-state index contributed by atoms with van der Waals surface area (Å²) in [4.78, 5) is 26.1. The van der Waals surface area contributed by atoms with Gasteiger partial charge in [0.2, 0.25) is 5.91 Å². The fourth-order valence-electron chi connectivity index (χ4n) is 2.94. The first-order valence-electron chi connectivity index (χ1n) is 8.79. The van der Waals surface area contributed by atoms with Crippen molar-refractivity contribution in [3.8, 4) is 0 Å². The van der Waals surface area contributed by atoms with Crippen molar-refractivity contribution in [3.05, 3.63) is 24.3 Å². The maximum absolute atomic E-state index is 12.3. The summed E-state index contributed by atoms with van der Waals surface area (Å²) >= 11 is 0. The normalized spacial score (nSPS) is 20.3. The number of hydrogen-bond acceptors (Lipinski definition) is 4. The first-order valence-corrected chi connectivity index (χ1v) is 8.79. The number of hydrogen-bond donors (Lipinski definition) is 3. The highest BCUT2D eigenvalue weighted by molar-refractivity contribution is 5.93. The van der Waals surface area contributed by atoms with Gasteiger partial charge in [-0.2, -0.15) is 0 Å². The smallest absolute Gasteiger partial charge is 0.319 e. The number of benzene rings is 1. The molecule has 0 aliphatic carbocycles. The number of carbonyl (C=O) groups excluding carboxylic acids is 2. The number of anilines is 2. The molecule has 1 aliphatic heterocycles. The van der Waals surface area contributed by atoms with Crippen LogP contribution in [0.1, 0.15) is 26.7 Å². The molecule has 3 N–H and O–H groups in total. The minimum absolute atomic E-state index is 0.000385. The van der Waals surface area contributed by atoms with E-state index in [1.165, 1.54) is 0 Å². The molecule has 3 amide bonds. The van der Waals surface area contributed by atoms with E-state index in [1.54, 1.807) is 24.3 Å². The molecule has 0 saturated carbocycles. The van der Waals surface area contributed by atoms with E-state index in [0.29, 0.717) is 24.4 Å². The highest BCUT2D eigenvalue weighted by Gasteiger charge is 2.32. The largest absolute Gasteiger partial charge is 0.375 e. The van der Waals surface area contributed by atoms with Crippen molar-refractivity contribution in [3.63, 3.8) is 0 Å². The van der Waals surface area contributed by atoms with Gasteiger partial charge in [0, 0.05) is 37.5 Å². The Morgan fingerprint density at radius 3 is 2.60 bits per heavy atom. The minimum Gasteiger partial charge on any atom is -0.375 e. The van der Waals surface area contributed by atoms with Gasteiger partial charge in [-0.1, -0.05) is 13.0 Å². The van der Waals surface area contributed by atoms with Gasteiger partial charge in [0.25, 0.3) is 0 Å². The number of urea groups is 1. The molecule has 1 heterocycles. The van der Waals surface area contributed by atoms with Crippen molar-refractivity contribution < 1.29 is 14.3 Å². The van der Waals surface area contributed by atoms with Gasteiger partial charge in [-0.15, -0.1) is 0 Å². The maximum Gasteiger partial charge on any atom is 0.319 e. The summed E-state index contributed by atoms with van der Waals surface area (Å²) in [6, 6.07) is 6.81. The molecule has 0 radical (unpaired) electrons. The number of rotatable bonds is 7. The third kappa shape index (κ3) is 6.03. The van der Waals surface area contributed by atoms with Crippen LogP contribution in [0.5, 0.6) is 0 Å². The zero-order valence-corrected chi connectivity index (χ0v) is 15.2. The Kier molecular flexibility index (Phi) is 7.21. The number of amides is 3. The lowest BCUT2D eigenvalue weighted by molar-refractivity contribution is -0.116. The molecule has 2 rings (SSSR count). The van der Waals surface area contributed by atoms with E-state index in [-0.39, 0.29) is 24.1 Å². The molecule has 1 aliphatic rings. The summed E-state index contributed by atoms with van der Waals surface area (Å²) in [7, 11) is 2.01. The van der Waals surface area contributed by atoms with Crippen LogP contribution in [0.2, 0.25) is 0 Å². The van der Waals surface area contributed by atoms with Crippen LogP contribution in [-0.4, -0.2) is 55.7 Å². The van der Waals surface area contributed by atoms with Crippen molar-refractivity contribution in [2.24, 2.45) is 0 Å². The molecule has 1 aromatic rings. The van der Waals surface area contributed by atoms with Gasteiger partial charge in [0.05, 0.1) is 12.1 Å². The number of likely N-dealkylation sites (N-methyl/N-ethyl adjacent to an activating group) is 1. The van der Waals surface area contributed by atoms with Crippen molar-refractivity contribution >= 4 is 23.3 Å². The van der Waals surface area contributed by atoms with E-state index in [0.717, 1.165) is 19.5 Å². The minimum atomic E-state index is -0.276. The highest BCUT2D eigenvalue weighted by atomic mass is 16.5. The predicted molar refractivity (Wildman–Crippen MR) is 98.8 cm³/mol. The average Bonchev–Trinajstić information content (AvgIpc) is 2.87. The number of nitrogens with zero attached hydrogens (tertiary/aromatic N) is 1. The topological polar surface area (TPSA) is 82.7 Å². The SMILES string of the molecule is CCCC(=O)Nc1cccc(NC(=O)N[C@@H]2CN(C)C[C@H]2OCC)c1. The summed E-state index contributed by atoms with van der Waals surface area (Å²) in [5.74, 6) is -0.0300. The van der Waals surface area contributed by atoms with E-state index >= 15 is 0 Å².